The second kappa shape index (κ2) is 4.58. The molecule has 2 aromatic rings. The van der Waals surface area contributed by atoms with Crippen LogP contribution in [0.15, 0.2) is 30.3 Å². The van der Waals surface area contributed by atoms with Gasteiger partial charge < -0.3 is 4.74 Å². The number of nitrogens with zero attached hydrogens (tertiary/aromatic N) is 3. The maximum atomic E-state index is 13.7. The van der Waals surface area contributed by atoms with Gasteiger partial charge in [0.05, 0.1) is 12.8 Å². The number of ether oxygens (including phenoxy) is 1. The van der Waals surface area contributed by atoms with Crippen molar-refractivity contribution in [3.63, 3.8) is 0 Å². The summed E-state index contributed by atoms with van der Waals surface area (Å²) >= 11 is 0. The first-order valence-electron chi connectivity index (χ1n) is 4.82. The molecule has 4 nitrogen and oxygen atoms in total. The van der Waals surface area contributed by atoms with Gasteiger partial charge in [-0.1, -0.05) is 0 Å². The molecule has 0 aliphatic carbocycles. The van der Waals surface area contributed by atoms with E-state index in [-0.39, 0.29) is 5.69 Å². The number of hydrogen-bond acceptors (Lipinski definition) is 4. The van der Waals surface area contributed by atoms with Crippen LogP contribution in [-0.2, 0) is 0 Å². The van der Waals surface area contributed by atoms with Gasteiger partial charge >= 0.3 is 0 Å². The highest BCUT2D eigenvalue weighted by atomic mass is 19.1. The van der Waals surface area contributed by atoms with E-state index >= 15 is 0 Å². The molecule has 2 rings (SSSR count). The van der Waals surface area contributed by atoms with Crippen LogP contribution < -0.4 is 4.74 Å². The average molecular weight is 229 g/mol. The van der Waals surface area contributed by atoms with Gasteiger partial charge in [-0.25, -0.2) is 4.39 Å². The lowest BCUT2D eigenvalue weighted by molar-refractivity contribution is 0.411. The summed E-state index contributed by atoms with van der Waals surface area (Å²) in [7, 11) is 1.47. The topological polar surface area (TPSA) is 58.8 Å². The Balaban J connectivity index is 2.42. The van der Waals surface area contributed by atoms with E-state index in [0.717, 1.165) is 0 Å². The van der Waals surface area contributed by atoms with Gasteiger partial charge in [0.25, 0.3) is 0 Å². The van der Waals surface area contributed by atoms with Crippen molar-refractivity contribution in [1.82, 2.24) is 10.2 Å². The molecule has 0 aliphatic rings. The van der Waals surface area contributed by atoms with Crippen molar-refractivity contribution in [3.8, 4) is 23.1 Å². The lowest BCUT2D eigenvalue weighted by Gasteiger charge is -2.04. The zero-order valence-corrected chi connectivity index (χ0v) is 9.01. The number of aromatic nitrogens is 2. The Labute approximate surface area is 97.3 Å². The molecular formula is C12H8FN3O. The molecule has 0 saturated carbocycles. The standard InChI is InChI=1S/C12H8FN3O/c1-17-9-3-4-10(11(13)6-9)12-5-2-8(7-14)15-16-12/h2-6H,1H3. The predicted molar refractivity (Wildman–Crippen MR) is 58.7 cm³/mol. The summed E-state index contributed by atoms with van der Waals surface area (Å²) in [4.78, 5) is 0. The van der Waals surface area contributed by atoms with Gasteiger partial charge in [0, 0.05) is 11.6 Å². The Kier molecular flexibility index (Phi) is 2.97. The highest BCUT2D eigenvalue weighted by Crippen LogP contribution is 2.24. The van der Waals surface area contributed by atoms with Crippen molar-refractivity contribution >= 4 is 0 Å². The largest absolute Gasteiger partial charge is 0.497 e. The molecule has 0 N–H and O–H groups in total. The van der Waals surface area contributed by atoms with Gasteiger partial charge in [0.15, 0.2) is 5.69 Å². The molecule has 5 heteroatoms. The van der Waals surface area contributed by atoms with Crippen LogP contribution in [-0.4, -0.2) is 17.3 Å². The molecule has 0 fully saturated rings. The summed E-state index contributed by atoms with van der Waals surface area (Å²) in [5.74, 6) is -0.00351. The number of methoxy groups -OCH3 is 1. The van der Waals surface area contributed by atoms with Gasteiger partial charge in [-0.05, 0) is 24.3 Å². The van der Waals surface area contributed by atoms with Crippen LogP contribution in [0.5, 0.6) is 5.75 Å². The zero-order valence-electron chi connectivity index (χ0n) is 9.01. The number of hydrogen-bond donors (Lipinski definition) is 0. The maximum absolute atomic E-state index is 13.7. The molecule has 0 amide bonds. The average Bonchev–Trinajstić information content (AvgIpc) is 2.39. The normalized spacial score (nSPS) is 9.71. The van der Waals surface area contributed by atoms with E-state index in [2.05, 4.69) is 10.2 Å². The molecule has 0 bridgehead atoms. The summed E-state index contributed by atoms with van der Waals surface area (Å²) in [5, 5.41) is 16.0. The second-order valence-electron chi connectivity index (χ2n) is 3.26. The third-order valence-electron chi connectivity index (χ3n) is 2.23. The number of rotatable bonds is 2. The van der Waals surface area contributed by atoms with Crippen LogP contribution in [0.3, 0.4) is 0 Å². The van der Waals surface area contributed by atoms with Gasteiger partial charge in [-0.15, -0.1) is 10.2 Å². The first kappa shape index (κ1) is 11.0. The van der Waals surface area contributed by atoms with E-state index in [1.165, 1.54) is 19.2 Å². The van der Waals surface area contributed by atoms with E-state index in [0.29, 0.717) is 17.0 Å². The zero-order chi connectivity index (χ0) is 12.3. The first-order chi connectivity index (χ1) is 8.24. The molecule has 0 saturated heterocycles. The molecular weight excluding hydrogens is 221 g/mol. The number of benzene rings is 1. The third-order valence-corrected chi connectivity index (χ3v) is 2.23. The first-order valence-corrected chi connectivity index (χ1v) is 4.82. The van der Waals surface area contributed by atoms with Crippen molar-refractivity contribution in [1.29, 1.82) is 5.26 Å². The summed E-state index contributed by atoms with van der Waals surface area (Å²) in [5.41, 5.74) is 0.898. The van der Waals surface area contributed by atoms with Crippen molar-refractivity contribution in [3.05, 3.63) is 41.8 Å². The lowest BCUT2D eigenvalue weighted by atomic mass is 10.1. The Bertz CT molecular complexity index is 575. The van der Waals surface area contributed by atoms with Crippen molar-refractivity contribution in [2.45, 2.75) is 0 Å². The Morgan fingerprint density at radius 3 is 2.59 bits per heavy atom. The molecule has 1 aromatic carbocycles. The Morgan fingerprint density at radius 2 is 2.06 bits per heavy atom. The van der Waals surface area contributed by atoms with E-state index in [1.807, 2.05) is 6.07 Å². The predicted octanol–water partition coefficient (Wildman–Crippen LogP) is 2.16. The molecule has 1 aromatic heterocycles. The highest BCUT2D eigenvalue weighted by molar-refractivity contribution is 5.60. The van der Waals surface area contributed by atoms with Crippen LogP contribution in [0.4, 0.5) is 4.39 Å². The van der Waals surface area contributed by atoms with Crippen LogP contribution in [0.2, 0.25) is 0 Å². The molecule has 0 radical (unpaired) electrons. The van der Waals surface area contributed by atoms with Crippen molar-refractivity contribution < 1.29 is 9.13 Å². The fraction of sp³-hybridized carbons (Fsp3) is 0.0833. The van der Waals surface area contributed by atoms with Crippen LogP contribution in [0, 0.1) is 17.1 Å². The second-order valence-corrected chi connectivity index (χ2v) is 3.26. The molecule has 0 spiro atoms. The Morgan fingerprint density at radius 1 is 1.24 bits per heavy atom. The molecule has 0 atom stereocenters. The molecule has 0 aliphatic heterocycles. The lowest BCUT2D eigenvalue weighted by Crippen LogP contribution is -1.93. The van der Waals surface area contributed by atoms with Gasteiger partial charge in [0.2, 0.25) is 0 Å². The smallest absolute Gasteiger partial charge is 0.163 e. The quantitative estimate of drug-likeness (QED) is 0.791. The monoisotopic (exact) mass is 229 g/mol. The molecule has 17 heavy (non-hydrogen) atoms. The van der Waals surface area contributed by atoms with E-state index in [1.54, 1.807) is 18.2 Å². The van der Waals surface area contributed by atoms with Crippen molar-refractivity contribution in [2.75, 3.05) is 7.11 Å². The summed E-state index contributed by atoms with van der Waals surface area (Å²) in [6.07, 6.45) is 0. The summed E-state index contributed by atoms with van der Waals surface area (Å²) < 4.78 is 18.6. The third kappa shape index (κ3) is 2.21. The van der Waals surface area contributed by atoms with Crippen LogP contribution in [0.25, 0.3) is 11.3 Å². The van der Waals surface area contributed by atoms with Crippen LogP contribution in [0.1, 0.15) is 5.69 Å². The minimum absolute atomic E-state index is 0.197. The molecule has 0 unspecified atom stereocenters. The van der Waals surface area contributed by atoms with E-state index in [4.69, 9.17) is 10.00 Å². The fourth-order valence-corrected chi connectivity index (χ4v) is 1.37. The number of nitriles is 1. The minimum atomic E-state index is -0.441. The molecule has 84 valence electrons. The number of halogens is 1. The fourth-order valence-electron chi connectivity index (χ4n) is 1.37. The maximum Gasteiger partial charge on any atom is 0.163 e. The van der Waals surface area contributed by atoms with Gasteiger partial charge in [0.1, 0.15) is 17.6 Å². The SMILES string of the molecule is COc1ccc(-c2ccc(C#N)nn2)c(F)c1. The highest BCUT2D eigenvalue weighted by Gasteiger charge is 2.08. The van der Waals surface area contributed by atoms with Crippen LogP contribution >= 0.6 is 0 Å². The summed E-state index contributed by atoms with van der Waals surface area (Å²) in [6, 6.07) is 9.37. The minimum Gasteiger partial charge on any atom is -0.497 e. The molecule has 1 heterocycles. The Hall–Kier alpha value is -2.48. The van der Waals surface area contributed by atoms with Crippen molar-refractivity contribution in [2.24, 2.45) is 0 Å². The summed E-state index contributed by atoms with van der Waals surface area (Å²) in [6.45, 7) is 0. The van der Waals surface area contributed by atoms with E-state index in [9.17, 15) is 4.39 Å². The van der Waals surface area contributed by atoms with Gasteiger partial charge in [-0.3, -0.25) is 0 Å². The van der Waals surface area contributed by atoms with E-state index < -0.39 is 5.82 Å². The van der Waals surface area contributed by atoms with Gasteiger partial charge in [-0.2, -0.15) is 5.26 Å².